The Bertz CT molecular complexity index is 520. The smallest absolute Gasteiger partial charge is 0.220 e. The lowest BCUT2D eigenvalue weighted by Crippen LogP contribution is -2.38. The lowest BCUT2D eigenvalue weighted by atomic mass is 10.1. The van der Waals surface area contributed by atoms with Gasteiger partial charge >= 0.3 is 0 Å². The van der Waals surface area contributed by atoms with Gasteiger partial charge in [-0.1, -0.05) is 6.07 Å². The third-order valence-corrected chi connectivity index (χ3v) is 4.01. The number of amides is 1. The van der Waals surface area contributed by atoms with E-state index in [1.54, 1.807) is 0 Å². The van der Waals surface area contributed by atoms with E-state index < -0.39 is 0 Å². The van der Waals surface area contributed by atoms with Gasteiger partial charge < -0.3 is 20.5 Å². The molecule has 0 saturated heterocycles. The molecular weight excluding hydrogens is 304 g/mol. The van der Waals surface area contributed by atoms with Crippen molar-refractivity contribution in [1.29, 1.82) is 0 Å². The molecule has 3 rings (SSSR count). The van der Waals surface area contributed by atoms with Crippen molar-refractivity contribution in [2.75, 3.05) is 19.8 Å². The van der Waals surface area contributed by atoms with Crippen molar-refractivity contribution in [2.45, 2.75) is 31.7 Å². The van der Waals surface area contributed by atoms with E-state index in [-0.39, 0.29) is 24.4 Å². The zero-order chi connectivity index (χ0) is 14.7. The largest absolute Gasteiger partial charge is 0.486 e. The van der Waals surface area contributed by atoms with Crippen LogP contribution >= 0.6 is 12.4 Å². The Morgan fingerprint density at radius 1 is 1.27 bits per heavy atom. The van der Waals surface area contributed by atoms with Crippen LogP contribution in [-0.2, 0) is 11.2 Å². The van der Waals surface area contributed by atoms with Crippen LogP contribution in [-0.4, -0.2) is 31.7 Å². The van der Waals surface area contributed by atoms with E-state index in [1.807, 2.05) is 18.2 Å². The number of carbonyl (C=O) groups is 1. The zero-order valence-electron chi connectivity index (χ0n) is 12.5. The number of benzene rings is 1. The van der Waals surface area contributed by atoms with E-state index >= 15 is 0 Å². The minimum absolute atomic E-state index is 0. The van der Waals surface area contributed by atoms with Crippen LogP contribution in [0.4, 0.5) is 0 Å². The van der Waals surface area contributed by atoms with E-state index in [4.69, 9.17) is 15.2 Å². The topological polar surface area (TPSA) is 73.6 Å². The second-order valence-electron chi connectivity index (χ2n) is 5.78. The molecule has 1 saturated carbocycles. The number of ether oxygens (including phenoxy) is 2. The van der Waals surface area contributed by atoms with Crippen molar-refractivity contribution in [3.63, 3.8) is 0 Å². The average molecular weight is 327 g/mol. The number of hydrogen-bond acceptors (Lipinski definition) is 4. The molecule has 1 unspecified atom stereocenters. The SMILES string of the molecule is Cl.NC(CNC(=O)CCc1ccc2c(c1)OCCO2)C1CC1. The highest BCUT2D eigenvalue weighted by atomic mass is 35.5. The van der Waals surface area contributed by atoms with Crippen LogP contribution in [0.15, 0.2) is 18.2 Å². The molecule has 1 fully saturated rings. The number of carbonyl (C=O) groups excluding carboxylic acids is 1. The second-order valence-corrected chi connectivity index (χ2v) is 5.78. The third-order valence-electron chi connectivity index (χ3n) is 4.01. The lowest BCUT2D eigenvalue weighted by Gasteiger charge is -2.18. The van der Waals surface area contributed by atoms with Crippen LogP contribution in [0.3, 0.4) is 0 Å². The van der Waals surface area contributed by atoms with Gasteiger partial charge in [0.1, 0.15) is 13.2 Å². The summed E-state index contributed by atoms with van der Waals surface area (Å²) in [6.45, 7) is 1.76. The van der Waals surface area contributed by atoms with Gasteiger partial charge in [0.15, 0.2) is 11.5 Å². The summed E-state index contributed by atoms with van der Waals surface area (Å²) in [5.74, 6) is 2.23. The predicted octanol–water partition coefficient (Wildman–Crippen LogP) is 1.67. The van der Waals surface area contributed by atoms with E-state index in [9.17, 15) is 4.79 Å². The maximum atomic E-state index is 11.8. The Morgan fingerprint density at radius 3 is 2.73 bits per heavy atom. The summed E-state index contributed by atoms with van der Waals surface area (Å²) in [7, 11) is 0. The molecule has 22 heavy (non-hydrogen) atoms. The highest BCUT2D eigenvalue weighted by Crippen LogP contribution is 2.31. The monoisotopic (exact) mass is 326 g/mol. The Labute approximate surface area is 137 Å². The molecule has 6 heteroatoms. The molecule has 0 spiro atoms. The molecule has 1 aliphatic heterocycles. The fourth-order valence-corrected chi connectivity index (χ4v) is 2.51. The Kier molecular flexibility index (Phi) is 5.91. The number of halogens is 1. The molecule has 1 heterocycles. The van der Waals surface area contributed by atoms with Gasteiger partial charge in [-0.05, 0) is 42.9 Å². The third kappa shape index (κ3) is 4.52. The number of hydrogen-bond donors (Lipinski definition) is 2. The summed E-state index contributed by atoms with van der Waals surface area (Å²) >= 11 is 0. The first-order chi connectivity index (χ1) is 10.2. The van der Waals surface area contributed by atoms with Gasteiger partial charge in [-0.15, -0.1) is 12.4 Å². The number of nitrogens with one attached hydrogen (secondary N) is 1. The Morgan fingerprint density at radius 2 is 2.00 bits per heavy atom. The first kappa shape index (κ1) is 16.9. The molecule has 1 aromatic rings. The summed E-state index contributed by atoms with van der Waals surface area (Å²) < 4.78 is 11.0. The minimum atomic E-state index is 0. The Balaban J connectivity index is 0.00000176. The first-order valence-electron chi connectivity index (χ1n) is 7.63. The summed E-state index contributed by atoms with van der Waals surface area (Å²) in [5, 5.41) is 2.92. The van der Waals surface area contributed by atoms with E-state index in [0.717, 1.165) is 17.1 Å². The van der Waals surface area contributed by atoms with E-state index in [0.29, 0.717) is 38.5 Å². The molecule has 0 radical (unpaired) electrons. The zero-order valence-corrected chi connectivity index (χ0v) is 13.4. The minimum Gasteiger partial charge on any atom is -0.486 e. The average Bonchev–Trinajstić information content (AvgIpc) is 3.35. The van der Waals surface area contributed by atoms with Crippen molar-refractivity contribution in [1.82, 2.24) is 5.32 Å². The maximum Gasteiger partial charge on any atom is 0.220 e. The van der Waals surface area contributed by atoms with Crippen molar-refractivity contribution in [3.05, 3.63) is 23.8 Å². The standard InChI is InChI=1S/C16H22N2O3.ClH/c17-13(12-3-4-12)10-18-16(19)6-2-11-1-5-14-15(9-11)21-8-7-20-14;/h1,5,9,12-13H,2-4,6-8,10,17H2,(H,18,19);1H. The number of aryl methyl sites for hydroxylation is 1. The van der Waals surface area contributed by atoms with E-state index in [1.165, 1.54) is 12.8 Å². The van der Waals surface area contributed by atoms with Crippen LogP contribution in [0.25, 0.3) is 0 Å². The molecule has 3 N–H and O–H groups in total. The van der Waals surface area contributed by atoms with Crippen molar-refractivity contribution >= 4 is 18.3 Å². The molecule has 1 aliphatic carbocycles. The lowest BCUT2D eigenvalue weighted by molar-refractivity contribution is -0.121. The molecule has 1 aromatic carbocycles. The highest BCUT2D eigenvalue weighted by molar-refractivity contribution is 5.85. The van der Waals surface area contributed by atoms with Gasteiger partial charge in [0.05, 0.1) is 0 Å². The number of rotatable bonds is 6. The molecule has 122 valence electrons. The summed E-state index contributed by atoms with van der Waals surface area (Å²) in [6.07, 6.45) is 3.57. The molecule has 0 bridgehead atoms. The summed E-state index contributed by atoms with van der Waals surface area (Å²) in [6, 6.07) is 5.96. The highest BCUT2D eigenvalue weighted by Gasteiger charge is 2.28. The van der Waals surface area contributed by atoms with E-state index in [2.05, 4.69) is 5.32 Å². The normalized spacial score (nSPS) is 17.3. The first-order valence-corrected chi connectivity index (χ1v) is 7.63. The number of fused-ring (bicyclic) bond motifs is 1. The van der Waals surface area contributed by atoms with Crippen molar-refractivity contribution < 1.29 is 14.3 Å². The van der Waals surface area contributed by atoms with Crippen LogP contribution in [0.5, 0.6) is 11.5 Å². The van der Waals surface area contributed by atoms with Gasteiger partial charge in [0.25, 0.3) is 0 Å². The maximum absolute atomic E-state index is 11.8. The predicted molar refractivity (Wildman–Crippen MR) is 86.7 cm³/mol. The number of nitrogens with two attached hydrogens (primary N) is 1. The fraction of sp³-hybridized carbons (Fsp3) is 0.562. The van der Waals surface area contributed by atoms with Gasteiger partial charge in [0, 0.05) is 19.0 Å². The molecule has 5 nitrogen and oxygen atoms in total. The van der Waals surface area contributed by atoms with Gasteiger partial charge in [-0.3, -0.25) is 4.79 Å². The van der Waals surface area contributed by atoms with Crippen molar-refractivity contribution in [3.8, 4) is 11.5 Å². The molecular formula is C16H23ClN2O3. The fourth-order valence-electron chi connectivity index (χ4n) is 2.51. The van der Waals surface area contributed by atoms with Crippen LogP contribution < -0.4 is 20.5 Å². The molecule has 1 atom stereocenters. The van der Waals surface area contributed by atoms with Crippen LogP contribution in [0, 0.1) is 5.92 Å². The van der Waals surface area contributed by atoms with Gasteiger partial charge in [-0.2, -0.15) is 0 Å². The Hall–Kier alpha value is -1.46. The van der Waals surface area contributed by atoms with Crippen LogP contribution in [0.1, 0.15) is 24.8 Å². The van der Waals surface area contributed by atoms with Crippen LogP contribution in [0.2, 0.25) is 0 Å². The second kappa shape index (κ2) is 7.70. The molecule has 1 amide bonds. The van der Waals surface area contributed by atoms with Gasteiger partial charge in [-0.25, -0.2) is 0 Å². The van der Waals surface area contributed by atoms with Gasteiger partial charge in [0.2, 0.25) is 5.91 Å². The molecule has 0 aromatic heterocycles. The summed E-state index contributed by atoms with van der Waals surface area (Å²) in [5.41, 5.74) is 7.05. The summed E-state index contributed by atoms with van der Waals surface area (Å²) in [4.78, 5) is 11.8. The quantitative estimate of drug-likeness (QED) is 0.834. The molecule has 2 aliphatic rings. The van der Waals surface area contributed by atoms with Crippen molar-refractivity contribution in [2.24, 2.45) is 11.7 Å².